The van der Waals surface area contributed by atoms with Gasteiger partial charge in [0.15, 0.2) is 0 Å². The Morgan fingerprint density at radius 2 is 2.20 bits per heavy atom. The molecule has 0 spiro atoms. The first kappa shape index (κ1) is 6.58. The average molecular weight is 142 g/mol. The summed E-state index contributed by atoms with van der Waals surface area (Å²) in [7, 11) is 0. The van der Waals surface area contributed by atoms with Crippen LogP contribution in [0.25, 0.3) is 0 Å². The van der Waals surface area contributed by atoms with E-state index in [1.165, 1.54) is 0 Å². The lowest BCUT2D eigenvalue weighted by molar-refractivity contribution is -0.0608. The number of nitrogens with zero attached hydrogens (tertiary/aromatic N) is 1. The van der Waals surface area contributed by atoms with E-state index in [9.17, 15) is 0 Å². The third-order valence-corrected chi connectivity index (χ3v) is 2.62. The first-order valence-electron chi connectivity index (χ1n) is 3.88. The summed E-state index contributed by atoms with van der Waals surface area (Å²) in [5.41, 5.74) is 0. The van der Waals surface area contributed by atoms with Crippen LogP contribution in [0, 0.1) is 0 Å². The zero-order chi connectivity index (χ0) is 7.30. The van der Waals surface area contributed by atoms with Gasteiger partial charge in [0, 0.05) is 6.04 Å². The second-order valence-electron chi connectivity index (χ2n) is 3.37. The highest BCUT2D eigenvalue weighted by Gasteiger charge is 2.49. The number of rotatable bonds is 0. The molecule has 1 aliphatic carbocycles. The minimum atomic E-state index is 0.300. The molecule has 2 fully saturated rings. The lowest BCUT2D eigenvalue weighted by Crippen LogP contribution is -2.52. The standard InChI is InChI=1S/C7H14N2O/c1-4-5(2)10-7-3-6(7)9(4)8/h4-7H,3,8H2,1-2H3. The molecule has 3 nitrogen and oxygen atoms in total. The summed E-state index contributed by atoms with van der Waals surface area (Å²) in [6.07, 6.45) is 1.87. The summed E-state index contributed by atoms with van der Waals surface area (Å²) in [4.78, 5) is 0. The third kappa shape index (κ3) is 0.779. The molecule has 4 atom stereocenters. The zero-order valence-electron chi connectivity index (χ0n) is 6.45. The quantitative estimate of drug-likeness (QED) is 0.488. The van der Waals surface area contributed by atoms with E-state index in [1.807, 2.05) is 5.01 Å². The van der Waals surface area contributed by atoms with Gasteiger partial charge in [-0.15, -0.1) is 0 Å². The predicted octanol–water partition coefficient (Wildman–Crippen LogP) is 0.110. The fourth-order valence-electron chi connectivity index (χ4n) is 1.55. The zero-order valence-corrected chi connectivity index (χ0v) is 6.45. The maximum absolute atomic E-state index is 5.81. The number of fused-ring (bicyclic) bond motifs is 1. The van der Waals surface area contributed by atoms with E-state index < -0.39 is 0 Å². The van der Waals surface area contributed by atoms with Crippen LogP contribution < -0.4 is 5.84 Å². The number of morpholine rings is 1. The van der Waals surface area contributed by atoms with E-state index in [-0.39, 0.29) is 0 Å². The largest absolute Gasteiger partial charge is 0.372 e. The minimum absolute atomic E-state index is 0.300. The van der Waals surface area contributed by atoms with Gasteiger partial charge in [-0.05, 0) is 20.3 Å². The van der Waals surface area contributed by atoms with Crippen LogP contribution in [-0.4, -0.2) is 29.3 Å². The highest BCUT2D eigenvalue weighted by atomic mass is 16.5. The maximum Gasteiger partial charge on any atom is 0.0766 e. The fourth-order valence-corrected chi connectivity index (χ4v) is 1.55. The van der Waals surface area contributed by atoms with E-state index in [2.05, 4.69) is 13.8 Å². The van der Waals surface area contributed by atoms with Crippen molar-refractivity contribution in [1.82, 2.24) is 5.01 Å². The van der Waals surface area contributed by atoms with E-state index in [1.54, 1.807) is 0 Å². The van der Waals surface area contributed by atoms with Crippen LogP contribution >= 0.6 is 0 Å². The van der Waals surface area contributed by atoms with Gasteiger partial charge in [-0.3, -0.25) is 5.84 Å². The van der Waals surface area contributed by atoms with E-state index >= 15 is 0 Å². The Kier molecular flexibility index (Phi) is 1.27. The summed E-state index contributed by atoms with van der Waals surface area (Å²) in [5.74, 6) is 5.81. The summed E-state index contributed by atoms with van der Waals surface area (Å²) >= 11 is 0. The number of ether oxygens (including phenoxy) is 1. The molecule has 1 saturated heterocycles. The molecule has 1 aliphatic heterocycles. The van der Waals surface area contributed by atoms with Gasteiger partial charge >= 0.3 is 0 Å². The lowest BCUT2D eigenvalue weighted by Gasteiger charge is -2.33. The molecule has 1 heterocycles. The molecule has 2 rings (SSSR count). The lowest BCUT2D eigenvalue weighted by atomic mass is 10.2. The highest BCUT2D eigenvalue weighted by molar-refractivity contribution is 5.01. The van der Waals surface area contributed by atoms with Crippen LogP contribution in [0.4, 0.5) is 0 Å². The molecule has 0 aromatic heterocycles. The molecule has 10 heavy (non-hydrogen) atoms. The average Bonchev–Trinajstić information content (AvgIpc) is 2.62. The number of hydrogen-bond donors (Lipinski definition) is 1. The Morgan fingerprint density at radius 3 is 2.90 bits per heavy atom. The third-order valence-electron chi connectivity index (χ3n) is 2.62. The van der Waals surface area contributed by atoms with Crippen molar-refractivity contribution in [2.75, 3.05) is 0 Å². The normalized spacial score (nSPS) is 54.3. The SMILES string of the molecule is CC1OC2CC2N(N)C1C. The Balaban J connectivity index is 2.07. The molecule has 0 radical (unpaired) electrons. The van der Waals surface area contributed by atoms with Crippen LogP contribution in [0.2, 0.25) is 0 Å². The molecule has 0 aromatic carbocycles. The maximum atomic E-state index is 5.81. The van der Waals surface area contributed by atoms with Crippen molar-refractivity contribution in [3.05, 3.63) is 0 Å². The summed E-state index contributed by atoms with van der Waals surface area (Å²) in [5, 5.41) is 1.94. The molecular formula is C7H14N2O. The van der Waals surface area contributed by atoms with Crippen molar-refractivity contribution in [3.8, 4) is 0 Å². The van der Waals surface area contributed by atoms with Crippen molar-refractivity contribution in [2.24, 2.45) is 5.84 Å². The first-order valence-corrected chi connectivity index (χ1v) is 3.88. The molecule has 2 aliphatic rings. The molecular weight excluding hydrogens is 128 g/mol. The van der Waals surface area contributed by atoms with Gasteiger partial charge in [0.05, 0.1) is 18.2 Å². The Morgan fingerprint density at radius 1 is 1.50 bits per heavy atom. The fraction of sp³-hybridized carbons (Fsp3) is 1.00. The van der Waals surface area contributed by atoms with Crippen molar-refractivity contribution >= 4 is 0 Å². The molecule has 0 aromatic rings. The van der Waals surface area contributed by atoms with Crippen LogP contribution in [0.15, 0.2) is 0 Å². The van der Waals surface area contributed by atoms with Crippen molar-refractivity contribution in [1.29, 1.82) is 0 Å². The van der Waals surface area contributed by atoms with Crippen LogP contribution in [-0.2, 0) is 4.74 Å². The first-order chi connectivity index (χ1) is 4.70. The molecule has 1 saturated carbocycles. The second-order valence-corrected chi connectivity index (χ2v) is 3.37. The van der Waals surface area contributed by atoms with Crippen molar-refractivity contribution in [2.45, 2.75) is 44.6 Å². The summed E-state index contributed by atoms with van der Waals surface area (Å²) < 4.78 is 5.62. The summed E-state index contributed by atoms with van der Waals surface area (Å²) in [6, 6.07) is 0.898. The van der Waals surface area contributed by atoms with Gasteiger partial charge in [-0.1, -0.05) is 0 Å². The Hall–Kier alpha value is -0.120. The van der Waals surface area contributed by atoms with Gasteiger partial charge in [-0.25, -0.2) is 5.01 Å². The molecule has 0 bridgehead atoms. The molecule has 2 N–H and O–H groups in total. The van der Waals surface area contributed by atoms with E-state index in [0.29, 0.717) is 24.3 Å². The van der Waals surface area contributed by atoms with Gasteiger partial charge in [0.1, 0.15) is 0 Å². The predicted molar refractivity (Wildman–Crippen MR) is 38.2 cm³/mol. The Labute approximate surface area is 61.1 Å². The van der Waals surface area contributed by atoms with Crippen LogP contribution in [0.5, 0.6) is 0 Å². The van der Waals surface area contributed by atoms with Crippen molar-refractivity contribution < 1.29 is 4.74 Å². The van der Waals surface area contributed by atoms with Gasteiger partial charge < -0.3 is 4.74 Å². The molecule has 58 valence electrons. The Bertz CT molecular complexity index is 149. The topological polar surface area (TPSA) is 38.5 Å². The monoisotopic (exact) mass is 142 g/mol. The van der Waals surface area contributed by atoms with Gasteiger partial charge in [0.25, 0.3) is 0 Å². The summed E-state index contributed by atoms with van der Waals surface area (Å²) in [6.45, 7) is 4.19. The van der Waals surface area contributed by atoms with Crippen molar-refractivity contribution in [3.63, 3.8) is 0 Å². The molecule has 4 unspecified atom stereocenters. The molecule has 3 heteroatoms. The number of hydrogen-bond acceptors (Lipinski definition) is 3. The van der Waals surface area contributed by atoms with Gasteiger partial charge in [-0.2, -0.15) is 0 Å². The van der Waals surface area contributed by atoms with E-state index in [4.69, 9.17) is 10.6 Å². The van der Waals surface area contributed by atoms with E-state index in [0.717, 1.165) is 6.42 Å². The minimum Gasteiger partial charge on any atom is -0.372 e. The molecule has 0 amide bonds. The van der Waals surface area contributed by atoms with Crippen LogP contribution in [0.3, 0.4) is 0 Å². The second kappa shape index (κ2) is 1.94. The number of nitrogens with two attached hydrogens (primary N) is 1. The number of hydrazine groups is 1. The highest BCUT2D eigenvalue weighted by Crippen LogP contribution is 2.37. The van der Waals surface area contributed by atoms with Crippen LogP contribution in [0.1, 0.15) is 20.3 Å². The van der Waals surface area contributed by atoms with Gasteiger partial charge in [0.2, 0.25) is 0 Å². The smallest absolute Gasteiger partial charge is 0.0766 e.